The largest absolute Gasteiger partial charge is 0.467 e. The van der Waals surface area contributed by atoms with Crippen LogP contribution in [0.1, 0.15) is 18.4 Å². The van der Waals surface area contributed by atoms with Crippen LogP contribution in [0.25, 0.3) is 0 Å². The number of halogens is 1. The van der Waals surface area contributed by atoms with Crippen molar-refractivity contribution in [2.45, 2.75) is 20.0 Å². The average Bonchev–Trinajstić information content (AvgIpc) is 3.05. The summed E-state index contributed by atoms with van der Waals surface area (Å²) in [5.74, 6) is 2.45. The number of nitrogens with one attached hydrogen (secondary N) is 2. The van der Waals surface area contributed by atoms with Gasteiger partial charge in [-0.15, -0.1) is 24.0 Å². The Balaban J connectivity index is 0.00000180. The molecule has 19 heavy (non-hydrogen) atoms. The molecule has 5 nitrogen and oxygen atoms in total. The van der Waals surface area contributed by atoms with E-state index in [4.69, 9.17) is 8.83 Å². The lowest BCUT2D eigenvalue weighted by molar-refractivity contribution is 0.499. The highest BCUT2D eigenvalue weighted by molar-refractivity contribution is 14.0. The third kappa shape index (κ3) is 5.37. The van der Waals surface area contributed by atoms with Gasteiger partial charge < -0.3 is 19.5 Å². The minimum absolute atomic E-state index is 0. The highest BCUT2D eigenvalue weighted by Crippen LogP contribution is 2.02. The van der Waals surface area contributed by atoms with Gasteiger partial charge in [0.2, 0.25) is 0 Å². The predicted molar refractivity (Wildman–Crippen MR) is 84.5 cm³/mol. The lowest BCUT2D eigenvalue weighted by Crippen LogP contribution is -2.36. The number of hydrogen-bond donors (Lipinski definition) is 2. The van der Waals surface area contributed by atoms with Crippen molar-refractivity contribution < 1.29 is 8.83 Å². The summed E-state index contributed by atoms with van der Waals surface area (Å²) >= 11 is 0. The molecule has 0 amide bonds. The third-order valence-electron chi connectivity index (χ3n) is 2.33. The fourth-order valence-corrected chi connectivity index (χ4v) is 1.49. The van der Waals surface area contributed by atoms with Crippen LogP contribution in [-0.2, 0) is 13.1 Å². The number of furan rings is 2. The minimum Gasteiger partial charge on any atom is -0.467 e. The molecule has 0 saturated heterocycles. The fraction of sp³-hybridized carbons (Fsp3) is 0.308. The van der Waals surface area contributed by atoms with Crippen LogP contribution in [0.5, 0.6) is 0 Å². The molecule has 2 N–H and O–H groups in total. The van der Waals surface area contributed by atoms with E-state index in [1.54, 1.807) is 12.5 Å². The molecule has 0 aliphatic heterocycles. The first kappa shape index (κ1) is 15.6. The van der Waals surface area contributed by atoms with E-state index < -0.39 is 0 Å². The second-order valence-electron chi connectivity index (χ2n) is 3.71. The molecule has 0 saturated carbocycles. The topological polar surface area (TPSA) is 62.7 Å². The Kier molecular flexibility index (Phi) is 7.09. The second-order valence-corrected chi connectivity index (χ2v) is 3.71. The SMILES string of the molecule is CCNC(=NCc1ccco1)NCc1ccco1.I. The van der Waals surface area contributed by atoms with Crippen molar-refractivity contribution in [3.8, 4) is 0 Å². The zero-order chi connectivity index (χ0) is 12.6. The Labute approximate surface area is 129 Å². The summed E-state index contributed by atoms with van der Waals surface area (Å²) in [7, 11) is 0. The zero-order valence-electron chi connectivity index (χ0n) is 10.8. The molecular weight excluding hydrogens is 357 g/mol. The number of hydrogen-bond acceptors (Lipinski definition) is 3. The van der Waals surface area contributed by atoms with E-state index in [0.717, 1.165) is 24.0 Å². The van der Waals surface area contributed by atoms with Crippen LogP contribution in [0.2, 0.25) is 0 Å². The van der Waals surface area contributed by atoms with Gasteiger partial charge in [0.05, 0.1) is 19.1 Å². The Morgan fingerprint density at radius 3 is 2.37 bits per heavy atom. The normalized spacial score (nSPS) is 10.9. The van der Waals surface area contributed by atoms with Crippen LogP contribution in [-0.4, -0.2) is 12.5 Å². The number of rotatable bonds is 5. The van der Waals surface area contributed by atoms with Gasteiger partial charge in [-0.3, -0.25) is 0 Å². The molecule has 0 aliphatic carbocycles. The van der Waals surface area contributed by atoms with Crippen LogP contribution in [0.15, 0.2) is 50.6 Å². The van der Waals surface area contributed by atoms with E-state index in [-0.39, 0.29) is 24.0 Å². The first-order valence-electron chi connectivity index (χ1n) is 5.95. The monoisotopic (exact) mass is 375 g/mol. The van der Waals surface area contributed by atoms with Crippen LogP contribution >= 0.6 is 24.0 Å². The second kappa shape index (κ2) is 8.63. The fourth-order valence-electron chi connectivity index (χ4n) is 1.49. The van der Waals surface area contributed by atoms with Gasteiger partial charge in [0.15, 0.2) is 5.96 Å². The summed E-state index contributed by atoms with van der Waals surface area (Å²) in [6, 6.07) is 7.54. The smallest absolute Gasteiger partial charge is 0.192 e. The summed E-state index contributed by atoms with van der Waals surface area (Å²) in [5.41, 5.74) is 0. The Bertz CT molecular complexity index is 466. The molecule has 2 aromatic heterocycles. The van der Waals surface area contributed by atoms with Crippen molar-refractivity contribution in [3.05, 3.63) is 48.3 Å². The molecule has 0 radical (unpaired) electrons. The van der Waals surface area contributed by atoms with Gasteiger partial charge in [0, 0.05) is 6.54 Å². The number of aliphatic imine (C=N–C) groups is 1. The molecule has 2 rings (SSSR count). The Hall–Kier alpha value is -1.44. The third-order valence-corrected chi connectivity index (χ3v) is 2.33. The minimum atomic E-state index is 0. The van der Waals surface area contributed by atoms with Gasteiger partial charge in [-0.2, -0.15) is 0 Å². The molecule has 0 aromatic carbocycles. The standard InChI is InChI=1S/C13H17N3O2.HI/c1-2-14-13(15-9-11-5-3-7-17-11)16-10-12-6-4-8-18-12;/h3-8H,2,9-10H2,1H3,(H2,14,15,16);1H. The van der Waals surface area contributed by atoms with Gasteiger partial charge in [-0.25, -0.2) is 4.99 Å². The van der Waals surface area contributed by atoms with Gasteiger partial charge in [0.25, 0.3) is 0 Å². The van der Waals surface area contributed by atoms with E-state index in [1.165, 1.54) is 0 Å². The van der Waals surface area contributed by atoms with Gasteiger partial charge in [-0.1, -0.05) is 0 Å². The molecular formula is C13H18IN3O2. The predicted octanol–water partition coefficient (Wildman–Crippen LogP) is 2.75. The number of nitrogens with zero attached hydrogens (tertiary/aromatic N) is 1. The van der Waals surface area contributed by atoms with E-state index in [2.05, 4.69) is 15.6 Å². The van der Waals surface area contributed by atoms with Crippen molar-refractivity contribution >= 4 is 29.9 Å². The lowest BCUT2D eigenvalue weighted by Gasteiger charge is -2.09. The van der Waals surface area contributed by atoms with Crippen LogP contribution < -0.4 is 10.6 Å². The van der Waals surface area contributed by atoms with E-state index >= 15 is 0 Å². The molecule has 0 spiro atoms. The Morgan fingerprint density at radius 1 is 1.11 bits per heavy atom. The highest BCUT2D eigenvalue weighted by Gasteiger charge is 2.00. The molecule has 0 bridgehead atoms. The maximum atomic E-state index is 5.25. The van der Waals surface area contributed by atoms with Crippen molar-refractivity contribution in [2.24, 2.45) is 4.99 Å². The summed E-state index contributed by atoms with van der Waals surface area (Å²) in [6.45, 7) is 3.95. The molecule has 0 fully saturated rings. The summed E-state index contributed by atoms with van der Waals surface area (Å²) in [4.78, 5) is 4.41. The van der Waals surface area contributed by atoms with E-state index in [0.29, 0.717) is 13.1 Å². The quantitative estimate of drug-likeness (QED) is 0.479. The van der Waals surface area contributed by atoms with E-state index in [9.17, 15) is 0 Å². The highest BCUT2D eigenvalue weighted by atomic mass is 127. The maximum Gasteiger partial charge on any atom is 0.192 e. The van der Waals surface area contributed by atoms with Crippen LogP contribution in [0, 0.1) is 0 Å². The summed E-state index contributed by atoms with van der Waals surface area (Å²) < 4.78 is 10.5. The lowest BCUT2D eigenvalue weighted by atomic mass is 10.4. The molecule has 2 heterocycles. The van der Waals surface area contributed by atoms with Crippen molar-refractivity contribution in [3.63, 3.8) is 0 Å². The molecule has 2 aromatic rings. The van der Waals surface area contributed by atoms with Crippen LogP contribution in [0.3, 0.4) is 0 Å². The first-order valence-corrected chi connectivity index (χ1v) is 5.95. The van der Waals surface area contributed by atoms with Crippen molar-refractivity contribution in [1.82, 2.24) is 10.6 Å². The first-order chi connectivity index (χ1) is 8.88. The average molecular weight is 375 g/mol. The van der Waals surface area contributed by atoms with Gasteiger partial charge in [-0.05, 0) is 31.2 Å². The molecule has 0 unspecified atom stereocenters. The number of guanidine groups is 1. The van der Waals surface area contributed by atoms with E-state index in [1.807, 2.05) is 31.2 Å². The molecule has 0 aliphatic rings. The van der Waals surface area contributed by atoms with Crippen molar-refractivity contribution in [1.29, 1.82) is 0 Å². The van der Waals surface area contributed by atoms with Crippen LogP contribution in [0.4, 0.5) is 0 Å². The van der Waals surface area contributed by atoms with Gasteiger partial charge in [0.1, 0.15) is 18.1 Å². The van der Waals surface area contributed by atoms with Gasteiger partial charge >= 0.3 is 0 Å². The molecule has 0 atom stereocenters. The Morgan fingerprint density at radius 2 is 1.79 bits per heavy atom. The summed E-state index contributed by atoms with van der Waals surface area (Å²) in [5, 5.41) is 6.35. The summed E-state index contributed by atoms with van der Waals surface area (Å²) in [6.07, 6.45) is 3.30. The van der Waals surface area contributed by atoms with Crippen molar-refractivity contribution in [2.75, 3.05) is 6.54 Å². The molecule has 6 heteroatoms. The zero-order valence-corrected chi connectivity index (χ0v) is 13.1. The molecule has 104 valence electrons. The maximum absolute atomic E-state index is 5.25.